The molecule has 0 bridgehead atoms. The monoisotopic (exact) mass is 376 g/mol. The minimum Gasteiger partial charge on any atom is -0.376 e. The molecule has 2 aromatic rings. The first-order chi connectivity index (χ1) is 12.2. The molecule has 0 unspecified atom stereocenters. The van der Waals surface area contributed by atoms with E-state index in [1.54, 1.807) is 0 Å². The molecule has 1 saturated heterocycles. The van der Waals surface area contributed by atoms with E-state index < -0.39 is 0 Å². The molecule has 8 heteroatoms. The number of benzene rings is 1. The number of nitrogens with one attached hydrogen (secondary N) is 3. The third-order valence-corrected chi connectivity index (χ3v) is 4.86. The van der Waals surface area contributed by atoms with Gasteiger partial charge in [0.05, 0.1) is 18.2 Å². The fourth-order valence-corrected chi connectivity index (χ4v) is 3.43. The maximum atomic E-state index is 12.0. The highest BCUT2D eigenvalue weighted by atomic mass is 32.1. The molecular formula is C17H20N4O2S2. The van der Waals surface area contributed by atoms with Crippen LogP contribution in [0.3, 0.4) is 0 Å². The molecule has 132 valence electrons. The first kappa shape index (κ1) is 17.8. The number of thiocarbonyl (C=S) groups is 1. The summed E-state index contributed by atoms with van der Waals surface area (Å²) in [6.45, 7) is 1.46. The third-order valence-electron chi connectivity index (χ3n) is 3.76. The van der Waals surface area contributed by atoms with Gasteiger partial charge in [0.25, 0.3) is 0 Å². The molecule has 6 nitrogen and oxygen atoms in total. The minimum absolute atomic E-state index is 0.185. The Morgan fingerprint density at radius 3 is 2.92 bits per heavy atom. The number of hydrogen-bond acceptors (Lipinski definition) is 5. The molecule has 0 radical (unpaired) electrons. The van der Waals surface area contributed by atoms with Gasteiger partial charge in [-0.15, -0.1) is 11.3 Å². The minimum atomic E-state index is -0.185. The highest BCUT2D eigenvalue weighted by Gasteiger charge is 2.15. The number of carbonyl (C=O) groups is 1. The van der Waals surface area contributed by atoms with Crippen molar-refractivity contribution in [1.29, 1.82) is 0 Å². The van der Waals surface area contributed by atoms with Crippen molar-refractivity contribution in [2.75, 3.05) is 13.2 Å². The van der Waals surface area contributed by atoms with Crippen LogP contribution in [0.4, 0.5) is 0 Å². The maximum absolute atomic E-state index is 12.0. The molecule has 2 heterocycles. The number of amides is 1. The van der Waals surface area contributed by atoms with Gasteiger partial charge in [-0.3, -0.25) is 15.6 Å². The summed E-state index contributed by atoms with van der Waals surface area (Å²) < 4.78 is 5.50. The zero-order valence-electron chi connectivity index (χ0n) is 13.7. The van der Waals surface area contributed by atoms with Crippen LogP contribution in [0.2, 0.25) is 0 Å². The molecule has 3 rings (SSSR count). The maximum Gasteiger partial charge on any atom is 0.245 e. The van der Waals surface area contributed by atoms with Crippen molar-refractivity contribution < 1.29 is 9.53 Å². The van der Waals surface area contributed by atoms with Crippen LogP contribution in [0.15, 0.2) is 35.7 Å². The van der Waals surface area contributed by atoms with Crippen molar-refractivity contribution >= 4 is 34.6 Å². The van der Waals surface area contributed by atoms with Crippen molar-refractivity contribution in [3.05, 3.63) is 40.7 Å². The van der Waals surface area contributed by atoms with E-state index >= 15 is 0 Å². The summed E-state index contributed by atoms with van der Waals surface area (Å²) in [7, 11) is 0. The van der Waals surface area contributed by atoms with E-state index in [-0.39, 0.29) is 18.4 Å². The Morgan fingerprint density at radius 2 is 2.16 bits per heavy atom. The predicted molar refractivity (Wildman–Crippen MR) is 102 cm³/mol. The van der Waals surface area contributed by atoms with Gasteiger partial charge in [0.2, 0.25) is 5.91 Å². The Bertz CT molecular complexity index is 714. The normalized spacial score (nSPS) is 16.4. The molecule has 0 aliphatic carbocycles. The van der Waals surface area contributed by atoms with Gasteiger partial charge in [0.15, 0.2) is 5.11 Å². The van der Waals surface area contributed by atoms with Crippen LogP contribution in [0, 0.1) is 0 Å². The lowest BCUT2D eigenvalue weighted by Gasteiger charge is -2.14. The van der Waals surface area contributed by atoms with Crippen molar-refractivity contribution in [1.82, 2.24) is 21.2 Å². The molecule has 0 saturated carbocycles. The van der Waals surface area contributed by atoms with E-state index in [2.05, 4.69) is 21.2 Å². The van der Waals surface area contributed by atoms with E-state index in [1.807, 2.05) is 35.7 Å². The zero-order valence-corrected chi connectivity index (χ0v) is 15.3. The predicted octanol–water partition coefficient (Wildman–Crippen LogP) is 2.03. The van der Waals surface area contributed by atoms with Crippen LogP contribution in [0.1, 0.15) is 17.8 Å². The topological polar surface area (TPSA) is 75.3 Å². The highest BCUT2D eigenvalue weighted by molar-refractivity contribution is 7.80. The number of rotatable bonds is 5. The fourth-order valence-electron chi connectivity index (χ4n) is 2.50. The lowest BCUT2D eigenvalue weighted by Crippen LogP contribution is -2.48. The van der Waals surface area contributed by atoms with Gasteiger partial charge in [-0.1, -0.05) is 30.3 Å². The van der Waals surface area contributed by atoms with E-state index in [1.165, 1.54) is 11.3 Å². The standard InChI is InChI=1S/C17H20N4O2S2/c22-15(20-21-17(24)18-10-13-7-4-8-23-13)9-16-19-14(11-25-16)12-5-2-1-3-6-12/h1-3,5-6,11,13H,4,7-10H2,(H,20,22)(H2,18,21,24)/t13-/m1/s1. The Hall–Kier alpha value is -2.03. The van der Waals surface area contributed by atoms with Gasteiger partial charge < -0.3 is 10.1 Å². The summed E-state index contributed by atoms with van der Waals surface area (Å²) in [6.07, 6.45) is 2.53. The largest absolute Gasteiger partial charge is 0.376 e. The van der Waals surface area contributed by atoms with Crippen LogP contribution in [0.25, 0.3) is 11.3 Å². The molecule has 1 aromatic carbocycles. The molecule has 1 fully saturated rings. The van der Waals surface area contributed by atoms with E-state index in [0.717, 1.165) is 35.7 Å². The molecular weight excluding hydrogens is 356 g/mol. The van der Waals surface area contributed by atoms with Crippen LogP contribution < -0.4 is 16.2 Å². The summed E-state index contributed by atoms with van der Waals surface area (Å²) in [5.74, 6) is -0.185. The van der Waals surface area contributed by atoms with Crippen LogP contribution in [-0.4, -0.2) is 35.3 Å². The van der Waals surface area contributed by atoms with Crippen molar-refractivity contribution in [3.8, 4) is 11.3 Å². The molecule has 1 aliphatic rings. The molecule has 1 aliphatic heterocycles. The molecule has 3 N–H and O–H groups in total. The lowest BCUT2D eigenvalue weighted by molar-refractivity contribution is -0.121. The average molecular weight is 377 g/mol. The second kappa shape index (κ2) is 8.89. The quantitative estimate of drug-likeness (QED) is 0.548. The second-order valence-electron chi connectivity index (χ2n) is 5.69. The van der Waals surface area contributed by atoms with Crippen molar-refractivity contribution in [2.45, 2.75) is 25.4 Å². The van der Waals surface area contributed by atoms with Gasteiger partial charge in [-0.05, 0) is 25.1 Å². The number of carbonyl (C=O) groups excluding carboxylic acids is 1. The summed E-state index contributed by atoms with van der Waals surface area (Å²) in [6, 6.07) is 9.90. The SMILES string of the molecule is O=C(Cc1nc(-c2ccccc2)cs1)NNC(=S)NC[C@H]1CCCO1. The number of hydrazine groups is 1. The number of thiazole rings is 1. The molecule has 0 spiro atoms. The summed E-state index contributed by atoms with van der Waals surface area (Å²) in [5, 5.41) is 6.14. The number of ether oxygens (including phenoxy) is 1. The first-order valence-corrected chi connectivity index (χ1v) is 9.43. The average Bonchev–Trinajstić information content (AvgIpc) is 3.31. The Kier molecular flexibility index (Phi) is 6.32. The van der Waals surface area contributed by atoms with Gasteiger partial charge >= 0.3 is 0 Å². The first-order valence-electron chi connectivity index (χ1n) is 8.15. The molecule has 1 aromatic heterocycles. The van der Waals surface area contributed by atoms with E-state index in [0.29, 0.717) is 11.7 Å². The van der Waals surface area contributed by atoms with Crippen molar-refractivity contribution in [3.63, 3.8) is 0 Å². The van der Waals surface area contributed by atoms with E-state index in [4.69, 9.17) is 17.0 Å². The van der Waals surface area contributed by atoms with Crippen LogP contribution in [0.5, 0.6) is 0 Å². The van der Waals surface area contributed by atoms with Crippen molar-refractivity contribution in [2.24, 2.45) is 0 Å². The summed E-state index contributed by atoms with van der Waals surface area (Å²) in [5.41, 5.74) is 7.22. The number of hydrogen-bond donors (Lipinski definition) is 3. The van der Waals surface area contributed by atoms with Crippen LogP contribution >= 0.6 is 23.6 Å². The highest BCUT2D eigenvalue weighted by Crippen LogP contribution is 2.21. The summed E-state index contributed by atoms with van der Waals surface area (Å²) >= 11 is 6.60. The van der Waals surface area contributed by atoms with Crippen LogP contribution in [-0.2, 0) is 16.0 Å². The third kappa shape index (κ3) is 5.48. The smallest absolute Gasteiger partial charge is 0.245 e. The molecule has 1 atom stereocenters. The van der Waals surface area contributed by atoms with Gasteiger partial charge in [-0.2, -0.15) is 0 Å². The Labute approximate surface area is 156 Å². The molecule has 25 heavy (non-hydrogen) atoms. The summed E-state index contributed by atoms with van der Waals surface area (Å²) in [4.78, 5) is 16.5. The van der Waals surface area contributed by atoms with Gasteiger partial charge in [-0.25, -0.2) is 4.98 Å². The van der Waals surface area contributed by atoms with E-state index in [9.17, 15) is 4.79 Å². The van der Waals surface area contributed by atoms with Gasteiger partial charge in [0.1, 0.15) is 5.01 Å². The Balaban J connectivity index is 1.40. The lowest BCUT2D eigenvalue weighted by atomic mass is 10.2. The number of aromatic nitrogens is 1. The fraction of sp³-hybridized carbons (Fsp3) is 0.353. The zero-order chi connectivity index (χ0) is 17.5. The second-order valence-corrected chi connectivity index (χ2v) is 7.04. The van der Waals surface area contributed by atoms with Gasteiger partial charge in [0, 0.05) is 24.1 Å². The number of nitrogens with zero attached hydrogens (tertiary/aromatic N) is 1. The Morgan fingerprint density at radius 1 is 1.32 bits per heavy atom. The molecule has 1 amide bonds.